The maximum atomic E-state index is 11.8. The quantitative estimate of drug-likeness (QED) is 0.793. The van der Waals surface area contributed by atoms with Crippen molar-refractivity contribution in [3.8, 4) is 0 Å². The number of carbonyl (C=O) groups excluding carboxylic acids is 1. The molecule has 0 saturated carbocycles. The third-order valence-corrected chi connectivity index (χ3v) is 3.22. The number of aromatic nitrogens is 1. The highest BCUT2D eigenvalue weighted by atomic mass is 16.2. The lowest BCUT2D eigenvalue weighted by molar-refractivity contribution is 0.0952. The number of hydrogen-bond donors (Lipinski definition) is 2. The van der Waals surface area contributed by atoms with Crippen LogP contribution in [0.1, 0.15) is 16.8 Å². The van der Waals surface area contributed by atoms with E-state index in [2.05, 4.69) is 15.2 Å². The Balaban J connectivity index is 1.76. The van der Waals surface area contributed by atoms with Crippen molar-refractivity contribution in [3.05, 3.63) is 64.6 Å². The van der Waals surface area contributed by atoms with E-state index in [1.54, 1.807) is 6.07 Å². The second-order valence-electron chi connectivity index (χ2n) is 4.78. The Bertz CT molecular complexity index is 637. The first-order chi connectivity index (χ1) is 10.2. The summed E-state index contributed by atoms with van der Waals surface area (Å²) in [5.41, 5.74) is 0.925. The number of nitrogens with zero attached hydrogens (tertiary/aromatic N) is 1. The van der Waals surface area contributed by atoms with Gasteiger partial charge in [-0.1, -0.05) is 18.2 Å². The number of nitrogens with one attached hydrogen (secondary N) is 2. The zero-order chi connectivity index (χ0) is 15.1. The molecule has 5 heteroatoms. The fraction of sp³-hybridized carbons (Fsp3) is 0.250. The SMILES string of the molecule is CN(CCCNC(=O)c1ccc[nH]c1=O)c1ccccc1. The van der Waals surface area contributed by atoms with E-state index in [0.717, 1.165) is 18.7 Å². The number of rotatable bonds is 6. The molecule has 0 atom stereocenters. The molecule has 2 aromatic rings. The third-order valence-electron chi connectivity index (χ3n) is 3.22. The summed E-state index contributed by atoms with van der Waals surface area (Å²) in [4.78, 5) is 27.9. The number of pyridine rings is 1. The van der Waals surface area contributed by atoms with Gasteiger partial charge in [0, 0.05) is 32.0 Å². The van der Waals surface area contributed by atoms with Gasteiger partial charge in [-0.25, -0.2) is 0 Å². The lowest BCUT2D eigenvalue weighted by atomic mass is 10.2. The van der Waals surface area contributed by atoms with E-state index >= 15 is 0 Å². The van der Waals surface area contributed by atoms with Gasteiger partial charge in [-0.05, 0) is 30.7 Å². The fourth-order valence-electron chi connectivity index (χ4n) is 2.03. The van der Waals surface area contributed by atoms with Crippen molar-refractivity contribution >= 4 is 11.6 Å². The summed E-state index contributed by atoms with van der Waals surface area (Å²) in [5.74, 6) is -0.334. The van der Waals surface area contributed by atoms with Crippen LogP contribution in [0.4, 0.5) is 5.69 Å². The second kappa shape index (κ2) is 7.28. The third kappa shape index (κ3) is 4.21. The highest BCUT2D eigenvalue weighted by Gasteiger charge is 2.08. The number of anilines is 1. The number of H-pyrrole nitrogens is 1. The van der Waals surface area contributed by atoms with Gasteiger partial charge in [0.25, 0.3) is 11.5 Å². The normalized spacial score (nSPS) is 10.1. The van der Waals surface area contributed by atoms with Crippen LogP contribution < -0.4 is 15.8 Å². The molecule has 2 rings (SSSR count). The van der Waals surface area contributed by atoms with Crippen molar-refractivity contribution in [2.45, 2.75) is 6.42 Å². The maximum absolute atomic E-state index is 11.8. The van der Waals surface area contributed by atoms with E-state index in [-0.39, 0.29) is 17.0 Å². The van der Waals surface area contributed by atoms with Crippen molar-refractivity contribution < 1.29 is 4.79 Å². The molecule has 0 aliphatic heterocycles. The molecule has 0 bridgehead atoms. The minimum atomic E-state index is -0.364. The summed E-state index contributed by atoms with van der Waals surface area (Å²) in [6, 6.07) is 13.2. The summed E-state index contributed by atoms with van der Waals surface area (Å²) in [5, 5.41) is 2.76. The van der Waals surface area contributed by atoms with Gasteiger partial charge in [-0.15, -0.1) is 0 Å². The van der Waals surface area contributed by atoms with Gasteiger partial charge < -0.3 is 15.2 Å². The number of para-hydroxylation sites is 1. The molecule has 1 amide bonds. The van der Waals surface area contributed by atoms with Gasteiger partial charge in [0.05, 0.1) is 0 Å². The van der Waals surface area contributed by atoms with Gasteiger partial charge in [0.15, 0.2) is 0 Å². The van der Waals surface area contributed by atoms with Crippen LogP contribution in [0.3, 0.4) is 0 Å². The first-order valence-electron chi connectivity index (χ1n) is 6.90. The summed E-state index contributed by atoms with van der Waals surface area (Å²) in [7, 11) is 2.01. The highest BCUT2D eigenvalue weighted by molar-refractivity contribution is 5.93. The van der Waals surface area contributed by atoms with E-state index < -0.39 is 0 Å². The van der Waals surface area contributed by atoms with Gasteiger partial charge in [-0.2, -0.15) is 0 Å². The molecule has 1 aromatic heterocycles. The summed E-state index contributed by atoms with van der Waals surface area (Å²) in [6.45, 7) is 1.36. The monoisotopic (exact) mass is 285 g/mol. The van der Waals surface area contributed by atoms with E-state index in [4.69, 9.17) is 0 Å². The zero-order valence-corrected chi connectivity index (χ0v) is 12.0. The predicted molar refractivity (Wildman–Crippen MR) is 83.7 cm³/mol. The Morgan fingerprint density at radius 2 is 1.95 bits per heavy atom. The zero-order valence-electron chi connectivity index (χ0n) is 12.0. The van der Waals surface area contributed by atoms with Crippen molar-refractivity contribution in [2.24, 2.45) is 0 Å². The number of benzene rings is 1. The van der Waals surface area contributed by atoms with Gasteiger partial charge in [0.2, 0.25) is 0 Å². The molecule has 0 aliphatic carbocycles. The molecule has 0 saturated heterocycles. The topological polar surface area (TPSA) is 65.2 Å². The van der Waals surface area contributed by atoms with Crippen molar-refractivity contribution in [1.29, 1.82) is 0 Å². The summed E-state index contributed by atoms with van der Waals surface area (Å²) >= 11 is 0. The Morgan fingerprint density at radius 3 is 2.67 bits per heavy atom. The molecule has 0 unspecified atom stereocenters. The standard InChI is InChI=1S/C16H19N3O2/c1-19(13-7-3-2-4-8-13)12-6-11-18-16(21)14-9-5-10-17-15(14)20/h2-5,7-10H,6,11-12H2,1H3,(H,17,20)(H,18,21). The molecule has 110 valence electrons. The fourth-order valence-corrected chi connectivity index (χ4v) is 2.03. The molecule has 0 radical (unpaired) electrons. The van der Waals surface area contributed by atoms with Gasteiger partial charge in [-0.3, -0.25) is 9.59 Å². The van der Waals surface area contributed by atoms with Crippen LogP contribution in [0, 0.1) is 0 Å². The Hall–Kier alpha value is -2.56. The van der Waals surface area contributed by atoms with E-state index in [1.807, 2.05) is 37.4 Å². The van der Waals surface area contributed by atoms with Crippen LogP contribution in [-0.4, -0.2) is 31.0 Å². The largest absolute Gasteiger partial charge is 0.375 e. The van der Waals surface area contributed by atoms with Crippen LogP contribution in [0.2, 0.25) is 0 Å². The highest BCUT2D eigenvalue weighted by Crippen LogP contribution is 2.10. The van der Waals surface area contributed by atoms with Crippen LogP contribution >= 0.6 is 0 Å². The molecule has 1 heterocycles. The number of hydrogen-bond acceptors (Lipinski definition) is 3. The van der Waals surface area contributed by atoms with E-state index in [9.17, 15) is 9.59 Å². The van der Waals surface area contributed by atoms with Crippen LogP contribution in [0.15, 0.2) is 53.5 Å². The Morgan fingerprint density at radius 1 is 1.19 bits per heavy atom. The van der Waals surface area contributed by atoms with Crippen LogP contribution in [0.5, 0.6) is 0 Å². The number of aromatic amines is 1. The van der Waals surface area contributed by atoms with Crippen molar-refractivity contribution in [2.75, 3.05) is 25.0 Å². The minimum absolute atomic E-state index is 0.147. The molecular formula is C16H19N3O2. The van der Waals surface area contributed by atoms with E-state index in [1.165, 1.54) is 12.3 Å². The molecular weight excluding hydrogens is 266 g/mol. The van der Waals surface area contributed by atoms with Crippen LogP contribution in [-0.2, 0) is 0 Å². The lowest BCUT2D eigenvalue weighted by Crippen LogP contribution is -2.31. The molecule has 0 aliphatic rings. The minimum Gasteiger partial charge on any atom is -0.375 e. The van der Waals surface area contributed by atoms with Gasteiger partial charge >= 0.3 is 0 Å². The average Bonchev–Trinajstić information content (AvgIpc) is 2.52. The van der Waals surface area contributed by atoms with E-state index in [0.29, 0.717) is 6.54 Å². The first kappa shape index (κ1) is 14.8. The molecule has 0 fully saturated rings. The average molecular weight is 285 g/mol. The molecule has 2 N–H and O–H groups in total. The smallest absolute Gasteiger partial charge is 0.260 e. The maximum Gasteiger partial charge on any atom is 0.260 e. The number of carbonyl (C=O) groups is 1. The number of amides is 1. The summed E-state index contributed by atoms with van der Waals surface area (Å²) in [6.07, 6.45) is 2.32. The second-order valence-corrected chi connectivity index (χ2v) is 4.78. The molecule has 0 spiro atoms. The lowest BCUT2D eigenvalue weighted by Gasteiger charge is -2.19. The predicted octanol–water partition coefficient (Wildman–Crippen LogP) is 1.63. The summed E-state index contributed by atoms with van der Waals surface area (Å²) < 4.78 is 0. The Labute approximate surface area is 123 Å². The molecule has 21 heavy (non-hydrogen) atoms. The molecule has 1 aromatic carbocycles. The van der Waals surface area contributed by atoms with Crippen molar-refractivity contribution in [1.82, 2.24) is 10.3 Å². The van der Waals surface area contributed by atoms with Crippen LogP contribution in [0.25, 0.3) is 0 Å². The first-order valence-corrected chi connectivity index (χ1v) is 6.90. The molecule has 5 nitrogen and oxygen atoms in total. The van der Waals surface area contributed by atoms with Crippen molar-refractivity contribution in [3.63, 3.8) is 0 Å². The van der Waals surface area contributed by atoms with Gasteiger partial charge in [0.1, 0.15) is 5.56 Å². The Kier molecular flexibility index (Phi) is 5.15.